The van der Waals surface area contributed by atoms with E-state index in [0.29, 0.717) is 49.0 Å². The van der Waals surface area contributed by atoms with Gasteiger partial charge in [-0.05, 0) is 118 Å². The largest absolute Gasteiger partial charge is 0.462 e. The number of rotatable bonds is 22. The van der Waals surface area contributed by atoms with Gasteiger partial charge in [0.15, 0.2) is 0 Å². The van der Waals surface area contributed by atoms with Gasteiger partial charge in [-0.25, -0.2) is 50.1 Å². The Morgan fingerprint density at radius 2 is 0.937 bits per heavy atom. The van der Waals surface area contributed by atoms with Crippen molar-refractivity contribution in [2.75, 3.05) is 46.2 Å². The van der Waals surface area contributed by atoms with Gasteiger partial charge in [-0.1, -0.05) is 82.1 Å². The van der Waals surface area contributed by atoms with E-state index in [0.717, 1.165) is 51.4 Å². The van der Waals surface area contributed by atoms with Gasteiger partial charge < -0.3 is 44.1 Å². The van der Waals surface area contributed by atoms with E-state index >= 15 is 0 Å². The van der Waals surface area contributed by atoms with Crippen molar-refractivity contribution in [2.24, 2.45) is 48.4 Å². The van der Waals surface area contributed by atoms with Crippen LogP contribution in [0.5, 0.6) is 0 Å². The minimum atomic E-state index is -0.622. The van der Waals surface area contributed by atoms with E-state index in [1.54, 1.807) is 44.7 Å². The fourth-order valence-electron chi connectivity index (χ4n) is 11.2. The van der Waals surface area contributed by atoms with Crippen molar-refractivity contribution in [3.8, 4) is 6.26 Å². The number of esters is 5. The summed E-state index contributed by atoms with van der Waals surface area (Å²) in [5, 5.41) is 34.6. The molecule has 0 bridgehead atoms. The molecule has 0 radical (unpaired) electrons. The van der Waals surface area contributed by atoms with Gasteiger partial charge in [0.25, 0.3) is 6.26 Å². The Bertz CT molecular complexity index is 2160. The van der Waals surface area contributed by atoms with E-state index in [2.05, 4.69) is 108 Å². The van der Waals surface area contributed by atoms with Crippen molar-refractivity contribution < 1.29 is 82.3 Å². The SMILES string of the molecule is C=C(C)C(=O)OCCO.C=C(C)C(=O)OCCOC(=O)CCC1(C)CC(N=C=O)CC(C)(C)C1.C=C(C)C(=O)OCCOC(=O)CCC1(C)CC(NC(=O)NO)CC(C)(C)C1.CC1(C)CC(N=C=O)CC(C)(COC#N)C1.NO. The van der Waals surface area contributed by atoms with E-state index in [4.69, 9.17) is 44.5 Å². The van der Waals surface area contributed by atoms with Crippen LogP contribution in [0.3, 0.4) is 0 Å². The highest BCUT2D eigenvalue weighted by molar-refractivity contribution is 5.87. The van der Waals surface area contributed by atoms with Crippen LogP contribution in [0, 0.1) is 44.0 Å². The first-order chi connectivity index (χ1) is 36.6. The van der Waals surface area contributed by atoms with Crippen LogP contribution in [0.1, 0.15) is 167 Å². The maximum Gasteiger partial charge on any atom is 0.338 e. The first-order valence-corrected chi connectivity index (χ1v) is 26.1. The zero-order chi connectivity index (χ0) is 61.3. The molecule has 2 amide bonds. The Labute approximate surface area is 467 Å². The molecule has 3 fully saturated rings. The number of aliphatic hydroxyl groups excluding tert-OH is 1. The first-order valence-electron chi connectivity index (χ1n) is 26.1. The number of carbonyl (C=O) groups excluding carboxylic acids is 8. The lowest BCUT2D eigenvalue weighted by molar-refractivity contribution is -0.150. The Kier molecular flexibility index (Phi) is 34.9. The summed E-state index contributed by atoms with van der Waals surface area (Å²) in [4.78, 5) is 96.9. The van der Waals surface area contributed by atoms with E-state index < -0.39 is 23.9 Å². The van der Waals surface area contributed by atoms with Crippen LogP contribution in [0.2, 0.25) is 0 Å². The summed E-state index contributed by atoms with van der Waals surface area (Å²) in [6, 6.07) is -0.732. The number of ether oxygens (including phenoxy) is 6. The number of nitrogens with zero attached hydrogens (tertiary/aromatic N) is 3. The minimum absolute atomic E-state index is 0.00105. The summed E-state index contributed by atoms with van der Waals surface area (Å²) in [7, 11) is 0. The third-order valence-electron chi connectivity index (χ3n) is 13.1. The van der Waals surface area contributed by atoms with Crippen LogP contribution in [0.15, 0.2) is 46.4 Å². The predicted molar refractivity (Wildman–Crippen MR) is 291 cm³/mol. The molecule has 3 rings (SSSR count). The first kappa shape index (κ1) is 74.8. The molecule has 3 aliphatic rings. The summed E-state index contributed by atoms with van der Waals surface area (Å²) in [5.74, 6) is 1.39. The molecule has 0 saturated heterocycles. The number of aliphatic hydroxyl groups is 1. The molecule has 3 aliphatic carbocycles. The lowest BCUT2D eigenvalue weighted by atomic mass is 9.61. The highest BCUT2D eigenvalue weighted by Crippen LogP contribution is 2.50. The standard InChI is InChI=1S/C19H32N2O6.C19H29NO5.C12H18N2O2.C6H10O3.H3NO/c1-13(2)16(23)27-9-8-26-15(22)6-7-19(5)11-14(20-17(24)21-25)10-18(3,4)12-19;1-14(2)17(23)25-9-8-24-16(22)6-7-19(5)11-15(20-13-21)10-18(3,4)12-19;1-11(2)4-10(14-9-15)5-12(3,6-11)7-16-8-13;1-5(2)6(8)9-4-3-7;1-2/h14,25H,1,6-12H2,2-5H3,(H2,20,21,24);15H,1,6-12H2,2-5H3;10H,4-7H2,1-3H3;7H,1,3-4H2,2H3;2H,1H2. The zero-order valence-corrected chi connectivity index (χ0v) is 49.0. The topological polar surface area (TPSA) is 351 Å². The van der Waals surface area contributed by atoms with Crippen LogP contribution in [-0.4, -0.2) is 128 Å². The van der Waals surface area contributed by atoms with E-state index in [-0.39, 0.29) is 109 Å². The molecule has 3 saturated carbocycles. The average Bonchev–Trinajstić information content (AvgIpc) is 3.33. The number of hydrogen-bond acceptors (Lipinski definition) is 21. The molecule has 0 heterocycles. The lowest BCUT2D eigenvalue weighted by Crippen LogP contribution is -2.49. The highest BCUT2D eigenvalue weighted by atomic mass is 16.6. The van der Waals surface area contributed by atoms with Crippen molar-refractivity contribution in [1.29, 1.82) is 5.26 Å². The van der Waals surface area contributed by atoms with Gasteiger partial charge in [0.05, 0.1) is 18.7 Å². The average molecular weight is 1120 g/mol. The van der Waals surface area contributed by atoms with Gasteiger partial charge in [0.2, 0.25) is 12.2 Å². The number of isocyanates is 2. The molecular weight excluding hydrogens is 1030 g/mol. The number of hydrogen-bond donors (Lipinski definition) is 6. The molecule has 6 unspecified atom stereocenters. The lowest BCUT2D eigenvalue weighted by Gasteiger charge is -2.46. The molecule has 79 heavy (non-hydrogen) atoms. The fraction of sp³-hybridized carbons (Fsp3) is 0.732. The number of urea groups is 1. The monoisotopic (exact) mass is 1120 g/mol. The zero-order valence-electron chi connectivity index (χ0n) is 49.0. The Hall–Kier alpha value is -6.27. The van der Waals surface area contributed by atoms with Gasteiger partial charge >= 0.3 is 35.9 Å². The van der Waals surface area contributed by atoms with Crippen LogP contribution in [-0.2, 0) is 62.0 Å². The normalized spacial score (nSPS) is 23.6. The second-order valence-corrected chi connectivity index (χ2v) is 24.0. The summed E-state index contributed by atoms with van der Waals surface area (Å²) < 4.78 is 29.3. The number of nitrogens with one attached hydrogen (secondary N) is 2. The van der Waals surface area contributed by atoms with Crippen LogP contribution in [0.25, 0.3) is 0 Å². The molecule has 0 spiro atoms. The quantitative estimate of drug-likeness (QED) is 0.00690. The maximum absolute atomic E-state index is 12.0. The maximum atomic E-state index is 12.0. The highest BCUT2D eigenvalue weighted by Gasteiger charge is 2.44. The van der Waals surface area contributed by atoms with Crippen molar-refractivity contribution in [3.63, 3.8) is 0 Å². The van der Waals surface area contributed by atoms with Crippen molar-refractivity contribution in [3.05, 3.63) is 36.5 Å². The molecular formula is C56H92N6O17. The van der Waals surface area contributed by atoms with Crippen molar-refractivity contribution >= 4 is 48.0 Å². The number of hydroxylamine groups is 1. The van der Waals surface area contributed by atoms with Crippen LogP contribution in [0.4, 0.5) is 4.79 Å². The van der Waals surface area contributed by atoms with Gasteiger partial charge in [-0.15, -0.1) is 0 Å². The molecule has 0 aromatic rings. The Morgan fingerprint density at radius 1 is 0.582 bits per heavy atom. The van der Waals surface area contributed by atoms with E-state index in [9.17, 15) is 38.4 Å². The second-order valence-electron chi connectivity index (χ2n) is 24.0. The predicted octanol–water partition coefficient (Wildman–Crippen LogP) is 7.89. The number of amides is 2. The smallest absolute Gasteiger partial charge is 0.338 e. The van der Waals surface area contributed by atoms with Gasteiger partial charge in [-0.3, -0.25) is 14.8 Å². The third-order valence-corrected chi connectivity index (χ3v) is 13.1. The molecule has 0 aromatic heterocycles. The van der Waals surface area contributed by atoms with Crippen LogP contribution < -0.4 is 16.7 Å². The number of nitriles is 1. The Morgan fingerprint density at radius 3 is 1.30 bits per heavy atom. The van der Waals surface area contributed by atoms with E-state index in [1.807, 2.05) is 0 Å². The third kappa shape index (κ3) is 34.4. The molecule has 6 atom stereocenters. The number of carbonyl (C=O) groups is 6. The minimum Gasteiger partial charge on any atom is -0.462 e. The van der Waals surface area contributed by atoms with E-state index in [1.165, 1.54) is 0 Å². The van der Waals surface area contributed by atoms with Gasteiger partial charge in [0, 0.05) is 41.0 Å². The van der Waals surface area contributed by atoms with Gasteiger partial charge in [-0.2, -0.15) is 5.26 Å². The second kappa shape index (κ2) is 36.8. The summed E-state index contributed by atoms with van der Waals surface area (Å²) in [5.41, 5.74) is 2.46. The fourth-order valence-corrected chi connectivity index (χ4v) is 11.2. The summed E-state index contributed by atoms with van der Waals surface area (Å²) in [6.07, 6.45) is 14.5. The van der Waals surface area contributed by atoms with Gasteiger partial charge in [0.1, 0.15) is 39.6 Å². The van der Waals surface area contributed by atoms with Crippen molar-refractivity contribution in [2.45, 2.75) is 185 Å². The molecule has 448 valence electrons. The molecule has 0 aromatic carbocycles. The Balaban J connectivity index is 0. The molecule has 23 nitrogen and oxygen atoms in total. The summed E-state index contributed by atoms with van der Waals surface area (Å²) in [6.45, 7) is 34.6. The summed E-state index contributed by atoms with van der Waals surface area (Å²) >= 11 is 0. The molecule has 7 N–H and O–H groups in total. The molecule has 23 heteroatoms. The number of aliphatic imine (C=N–C) groups is 2. The van der Waals surface area contributed by atoms with Crippen LogP contribution >= 0.6 is 0 Å². The van der Waals surface area contributed by atoms with Crippen molar-refractivity contribution in [1.82, 2.24) is 10.8 Å². The molecule has 0 aliphatic heterocycles. The number of nitrogens with two attached hydrogens (primary N) is 1.